The summed E-state index contributed by atoms with van der Waals surface area (Å²) in [6.45, 7) is 2.20. The first-order valence-corrected chi connectivity index (χ1v) is 6.86. The lowest BCUT2D eigenvalue weighted by Crippen LogP contribution is -1.99. The van der Waals surface area contributed by atoms with E-state index >= 15 is 0 Å². The van der Waals surface area contributed by atoms with Crippen LogP contribution >= 0.6 is 27.7 Å². The second-order valence-corrected chi connectivity index (χ2v) is 5.50. The summed E-state index contributed by atoms with van der Waals surface area (Å²) >= 11 is 4.40. The van der Waals surface area contributed by atoms with Crippen molar-refractivity contribution in [3.8, 4) is 0 Å². The Balaban J connectivity index is 2.29. The molecule has 2 rings (SSSR count). The number of aryl methyl sites for hydroxylation is 1. The molecule has 0 atom stereocenters. The third-order valence-corrected chi connectivity index (χ3v) is 4.09. The molecule has 0 saturated heterocycles. The van der Waals surface area contributed by atoms with E-state index in [4.69, 9.17) is 5.73 Å². The molecule has 0 amide bonds. The number of hydrogen-bond donors (Lipinski definition) is 1. The monoisotopic (exact) mass is 327 g/mol. The standard InChI is InChI=1S/C12H11BrFN3S/c1-7-5-16-12(17-6-7)18-9-3-2-8(4-15)10(13)11(9)14/h2-3,5-6H,4,15H2,1H3. The van der Waals surface area contributed by atoms with Crippen molar-refractivity contribution in [1.29, 1.82) is 0 Å². The van der Waals surface area contributed by atoms with Crippen molar-refractivity contribution >= 4 is 27.7 Å². The molecule has 18 heavy (non-hydrogen) atoms. The van der Waals surface area contributed by atoms with E-state index in [0.717, 1.165) is 11.1 Å². The number of nitrogens with zero attached hydrogens (tertiary/aromatic N) is 2. The zero-order valence-corrected chi connectivity index (χ0v) is 12.1. The van der Waals surface area contributed by atoms with Crippen LogP contribution in [0.25, 0.3) is 0 Å². The van der Waals surface area contributed by atoms with E-state index in [1.54, 1.807) is 24.5 Å². The summed E-state index contributed by atoms with van der Waals surface area (Å²) in [6.07, 6.45) is 3.41. The predicted molar refractivity (Wildman–Crippen MR) is 72.9 cm³/mol. The third-order valence-electron chi connectivity index (χ3n) is 2.31. The molecule has 0 aliphatic rings. The Labute approximate surface area is 117 Å². The van der Waals surface area contributed by atoms with Crippen LogP contribution in [0.4, 0.5) is 4.39 Å². The fraction of sp³-hybridized carbons (Fsp3) is 0.167. The molecule has 0 saturated carbocycles. The molecule has 0 bridgehead atoms. The lowest BCUT2D eigenvalue weighted by Gasteiger charge is -2.07. The Morgan fingerprint density at radius 2 is 2.00 bits per heavy atom. The highest BCUT2D eigenvalue weighted by Gasteiger charge is 2.12. The fourth-order valence-electron chi connectivity index (χ4n) is 1.34. The molecule has 6 heteroatoms. The van der Waals surface area contributed by atoms with Crippen LogP contribution in [-0.4, -0.2) is 9.97 Å². The third kappa shape index (κ3) is 2.88. The Bertz CT molecular complexity index is 560. The molecular formula is C12H11BrFN3S. The van der Waals surface area contributed by atoms with Gasteiger partial charge in [-0.1, -0.05) is 6.07 Å². The van der Waals surface area contributed by atoms with Crippen molar-refractivity contribution in [3.63, 3.8) is 0 Å². The van der Waals surface area contributed by atoms with Crippen LogP contribution in [0.3, 0.4) is 0 Å². The zero-order chi connectivity index (χ0) is 13.1. The first-order chi connectivity index (χ1) is 8.61. The average Bonchev–Trinajstić information content (AvgIpc) is 2.38. The highest BCUT2D eigenvalue weighted by molar-refractivity contribution is 9.10. The molecule has 2 N–H and O–H groups in total. The van der Waals surface area contributed by atoms with Crippen LogP contribution in [0.1, 0.15) is 11.1 Å². The number of aromatic nitrogens is 2. The quantitative estimate of drug-likeness (QED) is 0.879. The van der Waals surface area contributed by atoms with E-state index in [-0.39, 0.29) is 5.82 Å². The maximum Gasteiger partial charge on any atom is 0.192 e. The van der Waals surface area contributed by atoms with E-state index in [1.807, 2.05) is 6.92 Å². The van der Waals surface area contributed by atoms with Gasteiger partial charge in [0.15, 0.2) is 11.0 Å². The maximum atomic E-state index is 14.0. The van der Waals surface area contributed by atoms with Crippen molar-refractivity contribution in [2.75, 3.05) is 0 Å². The van der Waals surface area contributed by atoms with Gasteiger partial charge >= 0.3 is 0 Å². The van der Waals surface area contributed by atoms with Crippen LogP contribution in [0.2, 0.25) is 0 Å². The van der Waals surface area contributed by atoms with Crippen molar-refractivity contribution in [2.24, 2.45) is 5.73 Å². The molecule has 0 spiro atoms. The van der Waals surface area contributed by atoms with Gasteiger partial charge in [0.25, 0.3) is 0 Å². The summed E-state index contributed by atoms with van der Waals surface area (Å²) in [4.78, 5) is 8.74. The van der Waals surface area contributed by atoms with E-state index in [0.29, 0.717) is 21.1 Å². The largest absolute Gasteiger partial charge is 0.326 e. The number of halogens is 2. The van der Waals surface area contributed by atoms with Gasteiger partial charge in [0, 0.05) is 18.9 Å². The van der Waals surface area contributed by atoms with Gasteiger partial charge in [-0.3, -0.25) is 0 Å². The second-order valence-electron chi connectivity index (χ2n) is 3.70. The summed E-state index contributed by atoms with van der Waals surface area (Å²) in [5, 5.41) is 0.520. The molecule has 2 aromatic rings. The summed E-state index contributed by atoms with van der Waals surface area (Å²) < 4.78 is 14.4. The summed E-state index contributed by atoms with van der Waals surface area (Å²) in [6, 6.07) is 3.49. The van der Waals surface area contributed by atoms with Gasteiger partial charge in [0.05, 0.1) is 9.37 Å². The Hall–Kier alpha value is -0.980. The van der Waals surface area contributed by atoms with Crippen LogP contribution in [0.15, 0.2) is 39.1 Å². The highest BCUT2D eigenvalue weighted by Crippen LogP contribution is 2.32. The van der Waals surface area contributed by atoms with E-state index in [9.17, 15) is 4.39 Å². The van der Waals surface area contributed by atoms with Gasteiger partial charge in [-0.2, -0.15) is 0 Å². The molecule has 1 aromatic heterocycles. The summed E-state index contributed by atoms with van der Waals surface area (Å²) in [5.41, 5.74) is 7.22. The minimum atomic E-state index is -0.327. The first-order valence-electron chi connectivity index (χ1n) is 5.25. The SMILES string of the molecule is Cc1cnc(Sc2ccc(CN)c(Br)c2F)nc1. The van der Waals surface area contributed by atoms with Crippen molar-refractivity contribution in [2.45, 2.75) is 23.5 Å². The maximum absolute atomic E-state index is 14.0. The Kier molecular flexibility index (Phi) is 4.31. The van der Waals surface area contributed by atoms with Crippen LogP contribution in [0, 0.1) is 12.7 Å². The van der Waals surface area contributed by atoms with Gasteiger partial charge in [-0.15, -0.1) is 0 Å². The van der Waals surface area contributed by atoms with Crippen molar-refractivity contribution in [3.05, 3.63) is 45.9 Å². The highest BCUT2D eigenvalue weighted by atomic mass is 79.9. The van der Waals surface area contributed by atoms with Crippen LogP contribution < -0.4 is 5.73 Å². The molecule has 1 aromatic carbocycles. The topological polar surface area (TPSA) is 51.8 Å². The number of benzene rings is 1. The smallest absolute Gasteiger partial charge is 0.192 e. The van der Waals surface area contributed by atoms with Crippen LogP contribution in [0.5, 0.6) is 0 Å². The van der Waals surface area contributed by atoms with Gasteiger partial charge in [-0.25, -0.2) is 14.4 Å². The second kappa shape index (κ2) is 5.77. The number of rotatable bonds is 3. The molecule has 94 valence electrons. The number of hydrogen-bond acceptors (Lipinski definition) is 4. The minimum absolute atomic E-state index is 0.295. The van der Waals surface area contributed by atoms with Gasteiger partial charge < -0.3 is 5.73 Å². The molecule has 0 fully saturated rings. The molecule has 0 aliphatic carbocycles. The first kappa shape index (κ1) is 13.5. The molecule has 1 heterocycles. The molecule has 0 unspecified atom stereocenters. The van der Waals surface area contributed by atoms with E-state index in [2.05, 4.69) is 25.9 Å². The lowest BCUT2D eigenvalue weighted by atomic mass is 10.2. The average molecular weight is 328 g/mol. The fourth-order valence-corrected chi connectivity index (χ4v) is 2.71. The Morgan fingerprint density at radius 3 is 2.61 bits per heavy atom. The molecular weight excluding hydrogens is 317 g/mol. The van der Waals surface area contributed by atoms with Crippen molar-refractivity contribution in [1.82, 2.24) is 9.97 Å². The number of nitrogens with two attached hydrogens (primary N) is 1. The van der Waals surface area contributed by atoms with E-state index < -0.39 is 0 Å². The van der Waals surface area contributed by atoms with E-state index in [1.165, 1.54) is 11.8 Å². The van der Waals surface area contributed by atoms with Crippen LogP contribution in [-0.2, 0) is 6.54 Å². The normalized spacial score (nSPS) is 10.7. The molecule has 0 radical (unpaired) electrons. The van der Waals surface area contributed by atoms with Gasteiger partial charge in [0.2, 0.25) is 0 Å². The van der Waals surface area contributed by atoms with Gasteiger partial charge in [0.1, 0.15) is 0 Å². The summed E-state index contributed by atoms with van der Waals surface area (Å²) in [5.74, 6) is -0.327. The summed E-state index contributed by atoms with van der Waals surface area (Å²) in [7, 11) is 0. The predicted octanol–water partition coefficient (Wildman–Crippen LogP) is 3.30. The molecule has 0 aliphatic heterocycles. The van der Waals surface area contributed by atoms with Gasteiger partial charge in [-0.05, 0) is 51.8 Å². The Morgan fingerprint density at radius 1 is 1.33 bits per heavy atom. The minimum Gasteiger partial charge on any atom is -0.326 e. The lowest BCUT2D eigenvalue weighted by molar-refractivity contribution is 0.591. The van der Waals surface area contributed by atoms with Crippen molar-refractivity contribution < 1.29 is 4.39 Å². The zero-order valence-electron chi connectivity index (χ0n) is 9.65. The molecule has 3 nitrogen and oxygen atoms in total.